The predicted molar refractivity (Wildman–Crippen MR) is 45.0 cm³/mol. The molecule has 0 aliphatic carbocycles. The summed E-state index contributed by atoms with van der Waals surface area (Å²) >= 11 is 0. The Balaban J connectivity index is 2.16. The summed E-state index contributed by atoms with van der Waals surface area (Å²) in [6, 6.07) is 0. The molecule has 2 heterocycles. The van der Waals surface area contributed by atoms with Gasteiger partial charge in [-0.15, -0.1) is 0 Å². The van der Waals surface area contributed by atoms with E-state index in [1.807, 2.05) is 0 Å². The van der Waals surface area contributed by atoms with Gasteiger partial charge in [0.05, 0.1) is 6.20 Å². The topological polar surface area (TPSA) is 64.7 Å². The van der Waals surface area contributed by atoms with Crippen molar-refractivity contribution in [2.45, 2.75) is 6.92 Å². The molecule has 0 saturated heterocycles. The molecule has 0 unspecified atom stereocenters. The Kier molecular flexibility index (Phi) is 2.26. The van der Waals surface area contributed by atoms with Crippen LogP contribution in [0.5, 0.6) is 5.88 Å². The molecule has 0 fully saturated rings. The van der Waals surface area contributed by atoms with E-state index in [0.717, 1.165) is 0 Å². The Bertz CT molecular complexity index is 402. The molecule has 0 atom stereocenters. The van der Waals surface area contributed by atoms with Gasteiger partial charge in [-0.3, -0.25) is 9.82 Å². The van der Waals surface area contributed by atoms with Gasteiger partial charge in [0.1, 0.15) is 0 Å². The first-order valence-electron chi connectivity index (χ1n) is 3.99. The fourth-order valence-electron chi connectivity index (χ4n) is 0.832. The quantitative estimate of drug-likeness (QED) is 0.608. The van der Waals surface area contributed by atoms with E-state index in [2.05, 4.69) is 19.9 Å². The summed E-state index contributed by atoms with van der Waals surface area (Å²) in [7, 11) is 0. The first-order valence-corrected chi connectivity index (χ1v) is 3.99. The Hall–Kier alpha value is -2.11. The minimum atomic E-state index is 0.393. The molecule has 0 aliphatic rings. The van der Waals surface area contributed by atoms with Crippen molar-refractivity contribution >= 4 is 0 Å². The highest BCUT2D eigenvalue weighted by Gasteiger charge is 2.02. The third-order valence-electron chi connectivity index (χ3n) is 1.46. The van der Waals surface area contributed by atoms with Crippen molar-refractivity contribution in [2.75, 3.05) is 0 Å². The van der Waals surface area contributed by atoms with Gasteiger partial charge in [-0.25, -0.2) is 4.98 Å². The molecular weight excluding hydrogens is 182 g/mol. The highest BCUT2D eigenvalue weighted by atomic mass is 16.7. The summed E-state index contributed by atoms with van der Waals surface area (Å²) in [6.07, 6.45) is 7.65. The lowest BCUT2D eigenvalue weighted by atomic mass is 10.7. The second-order valence-corrected chi connectivity index (χ2v) is 2.53. The summed E-state index contributed by atoms with van der Waals surface area (Å²) in [4.78, 5) is 21.0. The molecule has 0 aliphatic heterocycles. The fraction of sp³-hybridized carbons (Fsp3) is 0.125. The molecule has 0 bridgehead atoms. The molecule has 70 valence electrons. The normalized spacial score (nSPS) is 9.79. The number of aryl methyl sites for hydroxylation is 1. The fourth-order valence-corrected chi connectivity index (χ4v) is 0.832. The van der Waals surface area contributed by atoms with Gasteiger partial charge < -0.3 is 0 Å². The van der Waals surface area contributed by atoms with Crippen molar-refractivity contribution in [1.29, 1.82) is 0 Å². The molecule has 0 saturated carbocycles. The molecule has 2 aromatic rings. The standard InChI is InChI=1S/C8H8N5O/c1-7-11-5-13(6-12-7)14-8-4-9-2-3-10-8/h2-6H,1H3/q+1. The van der Waals surface area contributed by atoms with E-state index in [1.165, 1.54) is 23.6 Å². The van der Waals surface area contributed by atoms with Crippen molar-refractivity contribution in [3.63, 3.8) is 0 Å². The van der Waals surface area contributed by atoms with Gasteiger partial charge >= 0.3 is 0 Å². The summed E-state index contributed by atoms with van der Waals surface area (Å²) in [5, 5.41) is 0. The first kappa shape index (κ1) is 8.49. The highest BCUT2D eigenvalue weighted by Crippen LogP contribution is 1.97. The van der Waals surface area contributed by atoms with Crippen molar-refractivity contribution in [3.8, 4) is 5.88 Å². The summed E-state index contributed by atoms with van der Waals surface area (Å²) < 4.78 is 1.36. The van der Waals surface area contributed by atoms with Crippen molar-refractivity contribution in [3.05, 3.63) is 37.1 Å². The van der Waals surface area contributed by atoms with E-state index in [0.29, 0.717) is 11.7 Å². The van der Waals surface area contributed by atoms with E-state index in [-0.39, 0.29) is 0 Å². The minimum Gasteiger partial charge on any atom is -0.296 e. The van der Waals surface area contributed by atoms with E-state index < -0.39 is 0 Å². The van der Waals surface area contributed by atoms with Crippen LogP contribution in [0.2, 0.25) is 0 Å². The second kappa shape index (κ2) is 3.73. The van der Waals surface area contributed by atoms with Crippen LogP contribution in [0, 0.1) is 6.92 Å². The average Bonchev–Trinajstić information content (AvgIpc) is 2.23. The molecular formula is C8H8N5O+. The molecule has 14 heavy (non-hydrogen) atoms. The van der Waals surface area contributed by atoms with Crippen LogP contribution in [-0.4, -0.2) is 19.9 Å². The Morgan fingerprint density at radius 1 is 1.14 bits per heavy atom. The van der Waals surface area contributed by atoms with Crippen LogP contribution >= 0.6 is 0 Å². The molecule has 0 radical (unpaired) electrons. The Morgan fingerprint density at radius 3 is 2.57 bits per heavy atom. The largest absolute Gasteiger partial charge is 0.296 e. The number of hydrogen-bond donors (Lipinski definition) is 0. The number of nitrogens with zero attached hydrogens (tertiary/aromatic N) is 5. The minimum absolute atomic E-state index is 0.393. The van der Waals surface area contributed by atoms with Gasteiger partial charge in [-0.1, -0.05) is 14.7 Å². The summed E-state index contributed by atoms with van der Waals surface area (Å²) in [5.74, 6) is 1.08. The monoisotopic (exact) mass is 190 g/mol. The maximum absolute atomic E-state index is 5.25. The SMILES string of the molecule is Cc1nc[n+](Oc2cnccn2)cn1. The van der Waals surface area contributed by atoms with Crippen LogP contribution in [0.4, 0.5) is 0 Å². The zero-order valence-electron chi connectivity index (χ0n) is 7.53. The van der Waals surface area contributed by atoms with Gasteiger partial charge in [0.15, 0.2) is 0 Å². The Labute approximate surface area is 80.2 Å². The lowest BCUT2D eigenvalue weighted by Gasteiger charge is -1.97. The lowest BCUT2D eigenvalue weighted by Crippen LogP contribution is -2.40. The summed E-state index contributed by atoms with van der Waals surface area (Å²) in [5.41, 5.74) is 0. The van der Waals surface area contributed by atoms with E-state index in [9.17, 15) is 0 Å². The zero-order valence-corrected chi connectivity index (χ0v) is 7.53. The van der Waals surface area contributed by atoms with Crippen LogP contribution in [0.15, 0.2) is 31.2 Å². The van der Waals surface area contributed by atoms with Crippen LogP contribution in [-0.2, 0) is 0 Å². The van der Waals surface area contributed by atoms with Gasteiger partial charge in [0, 0.05) is 19.3 Å². The molecule has 2 aromatic heterocycles. The smallest absolute Gasteiger partial charge is 0.283 e. The first-order chi connectivity index (χ1) is 6.84. The molecule has 6 heteroatoms. The van der Waals surface area contributed by atoms with Crippen molar-refractivity contribution < 1.29 is 9.57 Å². The molecule has 0 aromatic carbocycles. The Morgan fingerprint density at radius 2 is 1.93 bits per heavy atom. The predicted octanol–water partition coefficient (Wildman–Crippen LogP) is -0.295. The second-order valence-electron chi connectivity index (χ2n) is 2.53. The zero-order chi connectivity index (χ0) is 9.80. The van der Waals surface area contributed by atoms with Gasteiger partial charge in [0.25, 0.3) is 24.4 Å². The highest BCUT2D eigenvalue weighted by molar-refractivity contribution is 4.99. The van der Waals surface area contributed by atoms with E-state index in [4.69, 9.17) is 4.84 Å². The number of aromatic nitrogens is 5. The summed E-state index contributed by atoms with van der Waals surface area (Å²) in [6.45, 7) is 1.80. The van der Waals surface area contributed by atoms with Crippen LogP contribution in [0.25, 0.3) is 0 Å². The maximum atomic E-state index is 5.25. The van der Waals surface area contributed by atoms with E-state index >= 15 is 0 Å². The lowest BCUT2D eigenvalue weighted by molar-refractivity contribution is -0.880. The molecule has 0 spiro atoms. The number of hydrogen-bond acceptors (Lipinski definition) is 5. The van der Waals surface area contributed by atoms with Crippen LogP contribution in [0.3, 0.4) is 0 Å². The molecule has 6 nitrogen and oxygen atoms in total. The number of rotatable bonds is 2. The van der Waals surface area contributed by atoms with E-state index in [1.54, 1.807) is 19.3 Å². The van der Waals surface area contributed by atoms with Gasteiger partial charge in [0.2, 0.25) is 0 Å². The molecule has 0 amide bonds. The third-order valence-corrected chi connectivity index (χ3v) is 1.46. The average molecular weight is 190 g/mol. The van der Waals surface area contributed by atoms with Crippen LogP contribution < -0.4 is 9.57 Å². The maximum Gasteiger partial charge on any atom is 0.283 e. The molecule has 2 rings (SSSR count). The molecule has 0 N–H and O–H groups in total. The van der Waals surface area contributed by atoms with Gasteiger partial charge in [-0.05, 0) is 0 Å². The van der Waals surface area contributed by atoms with Gasteiger partial charge in [-0.2, -0.15) is 0 Å². The van der Waals surface area contributed by atoms with Crippen molar-refractivity contribution in [2.24, 2.45) is 0 Å². The van der Waals surface area contributed by atoms with Crippen molar-refractivity contribution in [1.82, 2.24) is 19.9 Å². The third kappa shape index (κ3) is 1.98. The van der Waals surface area contributed by atoms with Crippen LogP contribution in [0.1, 0.15) is 5.82 Å².